The number of aliphatic hydroxyl groups excluding tert-OH is 1. The van der Waals surface area contributed by atoms with Gasteiger partial charge >= 0.3 is 0 Å². The molecule has 4 nitrogen and oxygen atoms in total. The zero-order valence-corrected chi connectivity index (χ0v) is 14.8. The summed E-state index contributed by atoms with van der Waals surface area (Å²) in [4.78, 5) is 7.25. The lowest BCUT2D eigenvalue weighted by molar-refractivity contribution is 0.175. The molecule has 2 rings (SSSR count). The molecule has 1 aromatic carbocycles. The Hall–Kier alpha value is -1.55. The van der Waals surface area contributed by atoms with Gasteiger partial charge in [0, 0.05) is 31.9 Å². The third-order valence-corrected chi connectivity index (χ3v) is 5.18. The molecule has 128 valence electrons. The van der Waals surface area contributed by atoms with E-state index in [-0.39, 0.29) is 12.0 Å². The topological polar surface area (TPSA) is 47.9 Å². The number of aliphatic hydroxyl groups is 1. The van der Waals surface area contributed by atoms with Gasteiger partial charge in [-0.2, -0.15) is 0 Å². The van der Waals surface area contributed by atoms with Crippen LogP contribution in [-0.2, 0) is 6.42 Å². The molecule has 1 aliphatic rings. The smallest absolute Gasteiger partial charge is 0.198 e. The maximum Gasteiger partial charge on any atom is 0.198 e. The Balaban J connectivity index is 2.21. The summed E-state index contributed by atoms with van der Waals surface area (Å²) in [7, 11) is 0. The first-order chi connectivity index (χ1) is 11.2. The number of anilines is 1. The molecule has 1 aromatic rings. The lowest BCUT2D eigenvalue weighted by Gasteiger charge is -2.30. The summed E-state index contributed by atoms with van der Waals surface area (Å²) in [5.41, 5.74) is 2.77. The first-order valence-corrected chi connectivity index (χ1v) is 8.94. The van der Waals surface area contributed by atoms with Gasteiger partial charge in [0.05, 0.1) is 0 Å². The van der Waals surface area contributed by atoms with Crippen LogP contribution in [0.4, 0.5) is 5.69 Å². The van der Waals surface area contributed by atoms with Crippen LogP contribution >= 0.6 is 0 Å². The van der Waals surface area contributed by atoms with E-state index in [0.717, 1.165) is 51.3 Å². The van der Waals surface area contributed by atoms with Gasteiger partial charge in [0.2, 0.25) is 0 Å². The van der Waals surface area contributed by atoms with E-state index in [0.29, 0.717) is 0 Å². The Kier molecular flexibility index (Phi) is 6.46. The monoisotopic (exact) mass is 317 g/mol. The van der Waals surface area contributed by atoms with Crippen LogP contribution in [0.5, 0.6) is 0 Å². The minimum atomic E-state index is 0.106. The van der Waals surface area contributed by atoms with Crippen LogP contribution in [0.1, 0.15) is 45.6 Å². The molecule has 1 heterocycles. The fourth-order valence-corrected chi connectivity index (χ4v) is 3.34. The summed E-state index contributed by atoms with van der Waals surface area (Å²) in [6.07, 6.45) is 3.98. The maximum atomic E-state index is 9.40. The van der Waals surface area contributed by atoms with Gasteiger partial charge in [-0.3, -0.25) is 4.99 Å². The molecule has 0 fully saturated rings. The van der Waals surface area contributed by atoms with Crippen molar-refractivity contribution in [2.45, 2.75) is 46.5 Å². The second kappa shape index (κ2) is 8.34. The molecule has 0 spiro atoms. The summed E-state index contributed by atoms with van der Waals surface area (Å²) >= 11 is 0. The summed E-state index contributed by atoms with van der Waals surface area (Å²) in [5.74, 6) is 0.974. The minimum Gasteiger partial charge on any atom is -0.396 e. The van der Waals surface area contributed by atoms with E-state index in [9.17, 15) is 5.11 Å². The number of aliphatic imine (C=N–C) groups is 1. The fraction of sp³-hybridized carbons (Fsp3) is 0.632. The van der Waals surface area contributed by atoms with E-state index in [4.69, 9.17) is 4.99 Å². The summed E-state index contributed by atoms with van der Waals surface area (Å²) in [5, 5.41) is 12.8. The fourth-order valence-electron chi connectivity index (χ4n) is 3.34. The molecule has 0 saturated heterocycles. The number of nitrogens with one attached hydrogen (secondary N) is 1. The lowest BCUT2D eigenvalue weighted by Crippen LogP contribution is -2.41. The van der Waals surface area contributed by atoms with Crippen molar-refractivity contribution in [3.63, 3.8) is 0 Å². The first kappa shape index (κ1) is 17.8. The quantitative estimate of drug-likeness (QED) is 0.600. The van der Waals surface area contributed by atoms with E-state index < -0.39 is 0 Å². The highest BCUT2D eigenvalue weighted by molar-refractivity contribution is 5.97. The number of nitrogens with zero attached hydrogens (tertiary/aromatic N) is 2. The van der Waals surface area contributed by atoms with Crippen LogP contribution in [0.3, 0.4) is 0 Å². The number of fused-ring (bicyclic) bond motifs is 1. The van der Waals surface area contributed by atoms with Gasteiger partial charge in [-0.1, -0.05) is 32.0 Å². The summed E-state index contributed by atoms with van der Waals surface area (Å²) in [6, 6.07) is 8.57. The van der Waals surface area contributed by atoms with Crippen LogP contribution < -0.4 is 10.2 Å². The highest BCUT2D eigenvalue weighted by Crippen LogP contribution is 2.32. The second-order valence-electron chi connectivity index (χ2n) is 6.38. The molecule has 0 unspecified atom stereocenters. The largest absolute Gasteiger partial charge is 0.396 e. The number of benzene rings is 1. The second-order valence-corrected chi connectivity index (χ2v) is 6.38. The SMILES string of the molecule is CCNC(=NCC(CC)(CC)CCO)N1CCc2ccccc21. The molecule has 2 N–H and O–H groups in total. The number of hydrogen-bond acceptors (Lipinski definition) is 2. The van der Waals surface area contributed by atoms with E-state index in [1.54, 1.807) is 0 Å². The van der Waals surface area contributed by atoms with Gasteiger partial charge in [0.1, 0.15) is 0 Å². The maximum absolute atomic E-state index is 9.40. The van der Waals surface area contributed by atoms with Crippen molar-refractivity contribution in [2.24, 2.45) is 10.4 Å². The minimum absolute atomic E-state index is 0.106. The molecule has 0 aromatic heterocycles. The van der Waals surface area contributed by atoms with Gasteiger partial charge in [0.15, 0.2) is 5.96 Å². The number of para-hydroxylation sites is 1. The zero-order valence-electron chi connectivity index (χ0n) is 14.8. The molecule has 4 heteroatoms. The highest BCUT2D eigenvalue weighted by atomic mass is 16.3. The number of rotatable bonds is 7. The Morgan fingerprint density at radius 3 is 2.65 bits per heavy atom. The van der Waals surface area contributed by atoms with Gasteiger partial charge in [-0.15, -0.1) is 0 Å². The van der Waals surface area contributed by atoms with Crippen molar-refractivity contribution in [2.75, 3.05) is 31.1 Å². The van der Waals surface area contributed by atoms with Gasteiger partial charge < -0.3 is 15.3 Å². The molecule has 1 aliphatic heterocycles. The normalized spacial score (nSPS) is 15.0. The molecule has 0 atom stereocenters. The van der Waals surface area contributed by atoms with Crippen LogP contribution in [0, 0.1) is 5.41 Å². The van der Waals surface area contributed by atoms with E-state index in [2.05, 4.69) is 55.3 Å². The van der Waals surface area contributed by atoms with Crippen molar-refractivity contribution in [3.8, 4) is 0 Å². The van der Waals surface area contributed by atoms with Crippen LogP contribution in [-0.4, -0.2) is 37.3 Å². The molecule has 0 bridgehead atoms. The molecule has 0 radical (unpaired) electrons. The Bertz CT molecular complexity index is 523. The average Bonchev–Trinajstić information content (AvgIpc) is 3.01. The Morgan fingerprint density at radius 1 is 1.26 bits per heavy atom. The third kappa shape index (κ3) is 4.05. The Labute approximate surface area is 140 Å². The zero-order chi connectivity index (χ0) is 16.7. The predicted molar refractivity (Wildman–Crippen MR) is 98.2 cm³/mol. The van der Waals surface area contributed by atoms with Crippen LogP contribution in [0.15, 0.2) is 29.3 Å². The average molecular weight is 317 g/mol. The van der Waals surface area contributed by atoms with Gasteiger partial charge in [-0.05, 0) is 49.7 Å². The summed E-state index contributed by atoms with van der Waals surface area (Å²) < 4.78 is 0. The molecule has 23 heavy (non-hydrogen) atoms. The molecule has 0 saturated carbocycles. The Morgan fingerprint density at radius 2 is 2.00 bits per heavy atom. The molecule has 0 aliphatic carbocycles. The van der Waals surface area contributed by atoms with E-state index in [1.165, 1.54) is 11.3 Å². The van der Waals surface area contributed by atoms with E-state index in [1.807, 2.05) is 0 Å². The van der Waals surface area contributed by atoms with Gasteiger partial charge in [0.25, 0.3) is 0 Å². The third-order valence-electron chi connectivity index (χ3n) is 5.18. The molecular formula is C19H31N3O. The van der Waals surface area contributed by atoms with Crippen molar-refractivity contribution in [1.82, 2.24) is 5.32 Å². The lowest BCUT2D eigenvalue weighted by atomic mass is 9.79. The summed E-state index contributed by atoms with van der Waals surface area (Å²) in [6.45, 7) is 9.36. The van der Waals surface area contributed by atoms with E-state index >= 15 is 0 Å². The van der Waals surface area contributed by atoms with Crippen molar-refractivity contribution in [3.05, 3.63) is 29.8 Å². The predicted octanol–water partition coefficient (Wildman–Crippen LogP) is 3.20. The van der Waals surface area contributed by atoms with Crippen molar-refractivity contribution >= 4 is 11.6 Å². The van der Waals surface area contributed by atoms with Gasteiger partial charge in [-0.25, -0.2) is 0 Å². The molecular weight excluding hydrogens is 286 g/mol. The van der Waals surface area contributed by atoms with Crippen LogP contribution in [0.2, 0.25) is 0 Å². The first-order valence-electron chi connectivity index (χ1n) is 8.94. The standard InChI is InChI=1S/C19H31N3O/c1-4-19(5-2,12-14-23)15-21-18(20-6-3)22-13-11-16-9-7-8-10-17(16)22/h7-10,23H,4-6,11-15H2,1-3H3,(H,20,21). The van der Waals surface area contributed by atoms with Crippen LogP contribution in [0.25, 0.3) is 0 Å². The molecule has 0 amide bonds. The van der Waals surface area contributed by atoms with Crippen molar-refractivity contribution < 1.29 is 5.11 Å². The number of guanidine groups is 1. The number of hydrogen-bond donors (Lipinski definition) is 2. The highest BCUT2D eigenvalue weighted by Gasteiger charge is 2.27. The van der Waals surface area contributed by atoms with Crippen molar-refractivity contribution in [1.29, 1.82) is 0 Å².